The lowest BCUT2D eigenvalue weighted by Gasteiger charge is -2.21. The number of fused-ring (bicyclic) bond motifs is 1. The number of halogens is 3. The molecular formula is C20H21ClF2N6O. The van der Waals surface area contributed by atoms with Crippen LogP contribution in [0.3, 0.4) is 0 Å². The number of anilines is 1. The van der Waals surface area contributed by atoms with Crippen molar-refractivity contribution in [1.29, 1.82) is 0 Å². The van der Waals surface area contributed by atoms with E-state index in [1.165, 1.54) is 9.70 Å². The van der Waals surface area contributed by atoms with Crippen LogP contribution in [0.15, 0.2) is 24.3 Å². The topological polar surface area (TPSA) is 76.8 Å². The number of nitrogens with zero attached hydrogens (tertiary/aromatic N) is 6. The molecule has 30 heavy (non-hydrogen) atoms. The fraction of sp³-hybridized carbons (Fsp3) is 0.450. The Morgan fingerprint density at radius 3 is 2.57 bits per heavy atom. The molecule has 1 aliphatic rings. The first-order valence-electron chi connectivity index (χ1n) is 9.57. The van der Waals surface area contributed by atoms with E-state index in [4.69, 9.17) is 11.6 Å². The van der Waals surface area contributed by atoms with Gasteiger partial charge in [0.2, 0.25) is 5.65 Å². The Balaban J connectivity index is 1.74. The van der Waals surface area contributed by atoms with E-state index >= 15 is 0 Å². The van der Waals surface area contributed by atoms with Crippen LogP contribution in [-0.4, -0.2) is 49.8 Å². The average molecular weight is 435 g/mol. The van der Waals surface area contributed by atoms with Crippen molar-refractivity contribution in [3.63, 3.8) is 0 Å². The normalized spacial score (nSPS) is 16.4. The van der Waals surface area contributed by atoms with Crippen LogP contribution >= 0.6 is 11.6 Å². The molecule has 1 aromatic carbocycles. The Bertz CT molecular complexity index is 1120. The van der Waals surface area contributed by atoms with Crippen molar-refractivity contribution in [2.75, 3.05) is 18.0 Å². The Hall–Kier alpha value is -2.68. The van der Waals surface area contributed by atoms with Gasteiger partial charge < -0.3 is 4.90 Å². The van der Waals surface area contributed by atoms with Crippen molar-refractivity contribution < 1.29 is 13.6 Å². The molecule has 3 heterocycles. The lowest BCUT2D eigenvalue weighted by Crippen LogP contribution is -2.27. The molecule has 2 aromatic heterocycles. The quantitative estimate of drug-likeness (QED) is 0.579. The average Bonchev–Trinajstić information content (AvgIpc) is 3.22. The summed E-state index contributed by atoms with van der Waals surface area (Å²) in [4.78, 5) is 24.4. The Morgan fingerprint density at radius 2 is 1.93 bits per heavy atom. The molecule has 0 bridgehead atoms. The smallest absolute Gasteiger partial charge is 0.266 e. The van der Waals surface area contributed by atoms with Crippen LogP contribution in [0.2, 0.25) is 5.02 Å². The number of hydrogen-bond donors (Lipinski definition) is 0. The molecule has 1 fully saturated rings. The van der Waals surface area contributed by atoms with Crippen LogP contribution in [0, 0.1) is 0 Å². The molecule has 0 radical (unpaired) electrons. The highest BCUT2D eigenvalue weighted by Gasteiger charge is 2.40. The fourth-order valence-electron chi connectivity index (χ4n) is 3.28. The van der Waals surface area contributed by atoms with Gasteiger partial charge in [-0.05, 0) is 12.1 Å². The van der Waals surface area contributed by atoms with Crippen LogP contribution in [0.4, 0.5) is 14.6 Å². The summed E-state index contributed by atoms with van der Waals surface area (Å²) in [6.45, 7) is 5.37. The molecule has 3 aromatic rings. The lowest BCUT2D eigenvalue weighted by molar-refractivity contribution is 0.0257. The first kappa shape index (κ1) is 20.6. The third kappa shape index (κ3) is 3.98. The van der Waals surface area contributed by atoms with Gasteiger partial charge in [0, 0.05) is 23.9 Å². The first-order chi connectivity index (χ1) is 14.0. The molecule has 1 aliphatic heterocycles. The summed E-state index contributed by atoms with van der Waals surface area (Å²) in [5.74, 6) is -2.25. The number of carbonyl (C=O) groups is 1. The summed E-state index contributed by atoms with van der Waals surface area (Å²) in [6.07, 6.45) is -0.248. The second-order valence-electron chi connectivity index (χ2n) is 8.45. The second-order valence-corrected chi connectivity index (χ2v) is 8.86. The molecule has 0 atom stereocenters. The maximum absolute atomic E-state index is 13.8. The van der Waals surface area contributed by atoms with Crippen LogP contribution in [0.5, 0.6) is 0 Å². The number of alkyl halides is 2. The maximum atomic E-state index is 13.8. The second kappa shape index (κ2) is 7.23. The number of benzene rings is 1. The number of ketones is 1. The SMILES string of the molecule is CC(C)(C)c1nc(N2CCC(F)(F)C2)c2nn(CC(=O)c3ccccc3Cl)nc2n1. The van der Waals surface area contributed by atoms with Gasteiger partial charge in [-0.3, -0.25) is 4.79 Å². The molecule has 10 heteroatoms. The zero-order valence-corrected chi connectivity index (χ0v) is 17.6. The minimum absolute atomic E-state index is 0.152. The van der Waals surface area contributed by atoms with Crippen molar-refractivity contribution in [3.05, 3.63) is 40.7 Å². The van der Waals surface area contributed by atoms with Gasteiger partial charge >= 0.3 is 0 Å². The van der Waals surface area contributed by atoms with Gasteiger partial charge in [0.05, 0.1) is 11.6 Å². The Labute approximate surface area is 177 Å². The van der Waals surface area contributed by atoms with Crippen molar-refractivity contribution in [1.82, 2.24) is 25.0 Å². The van der Waals surface area contributed by atoms with E-state index in [0.29, 0.717) is 27.7 Å². The summed E-state index contributed by atoms with van der Waals surface area (Å²) in [6, 6.07) is 6.72. The van der Waals surface area contributed by atoms with E-state index in [1.807, 2.05) is 20.8 Å². The third-order valence-corrected chi connectivity index (χ3v) is 5.20. The summed E-state index contributed by atoms with van der Waals surface area (Å²) in [7, 11) is 0. The van der Waals surface area contributed by atoms with Gasteiger partial charge in [0.15, 0.2) is 17.1 Å². The number of aromatic nitrogens is 5. The Morgan fingerprint density at radius 1 is 1.20 bits per heavy atom. The molecule has 0 saturated carbocycles. The van der Waals surface area contributed by atoms with Gasteiger partial charge in [-0.25, -0.2) is 18.7 Å². The summed E-state index contributed by atoms with van der Waals surface area (Å²) in [5, 5.41) is 9.02. The van der Waals surface area contributed by atoms with E-state index in [-0.39, 0.29) is 30.9 Å². The van der Waals surface area contributed by atoms with Crippen molar-refractivity contribution in [2.24, 2.45) is 0 Å². The van der Waals surface area contributed by atoms with Crippen LogP contribution < -0.4 is 4.90 Å². The van der Waals surface area contributed by atoms with Gasteiger partial charge in [-0.2, -0.15) is 4.80 Å². The Kier molecular flexibility index (Phi) is 4.96. The van der Waals surface area contributed by atoms with Crippen molar-refractivity contribution in [2.45, 2.75) is 45.1 Å². The molecule has 0 aliphatic carbocycles. The van der Waals surface area contributed by atoms with Crippen LogP contribution in [0.1, 0.15) is 43.4 Å². The first-order valence-corrected chi connectivity index (χ1v) is 9.95. The molecule has 158 valence electrons. The third-order valence-electron chi connectivity index (χ3n) is 4.87. The molecular weight excluding hydrogens is 414 g/mol. The molecule has 0 spiro atoms. The zero-order valence-electron chi connectivity index (χ0n) is 16.9. The molecule has 1 saturated heterocycles. The number of hydrogen-bond acceptors (Lipinski definition) is 6. The highest BCUT2D eigenvalue weighted by atomic mass is 35.5. The number of rotatable bonds is 4. The van der Waals surface area contributed by atoms with E-state index in [1.54, 1.807) is 24.3 Å². The monoisotopic (exact) mass is 434 g/mol. The van der Waals surface area contributed by atoms with Crippen molar-refractivity contribution in [3.8, 4) is 0 Å². The van der Waals surface area contributed by atoms with E-state index in [2.05, 4.69) is 20.2 Å². The minimum Gasteiger partial charge on any atom is -0.348 e. The summed E-state index contributed by atoms with van der Waals surface area (Å²) >= 11 is 6.10. The maximum Gasteiger partial charge on any atom is 0.266 e. The lowest BCUT2D eigenvalue weighted by atomic mass is 9.96. The molecule has 0 unspecified atom stereocenters. The van der Waals surface area contributed by atoms with Crippen LogP contribution in [-0.2, 0) is 12.0 Å². The van der Waals surface area contributed by atoms with Crippen molar-refractivity contribution >= 4 is 34.4 Å². The predicted octanol–water partition coefficient (Wildman–Crippen LogP) is 3.90. The minimum atomic E-state index is -2.78. The van der Waals surface area contributed by atoms with Gasteiger partial charge in [0.25, 0.3) is 5.92 Å². The summed E-state index contributed by atoms with van der Waals surface area (Å²) in [5.41, 5.74) is 0.517. The highest BCUT2D eigenvalue weighted by Crippen LogP contribution is 2.33. The van der Waals surface area contributed by atoms with Crippen LogP contribution in [0.25, 0.3) is 11.2 Å². The number of Topliss-reactive ketones (excluding diaryl/α,β-unsaturated/α-hetero) is 1. The van der Waals surface area contributed by atoms with E-state index in [9.17, 15) is 13.6 Å². The van der Waals surface area contributed by atoms with E-state index < -0.39 is 17.9 Å². The highest BCUT2D eigenvalue weighted by molar-refractivity contribution is 6.33. The zero-order chi connectivity index (χ0) is 21.7. The fourth-order valence-corrected chi connectivity index (χ4v) is 3.52. The number of carbonyl (C=O) groups excluding carboxylic acids is 1. The van der Waals surface area contributed by atoms with Gasteiger partial charge in [-0.1, -0.05) is 44.5 Å². The molecule has 4 rings (SSSR count). The molecule has 7 nitrogen and oxygen atoms in total. The summed E-state index contributed by atoms with van der Waals surface area (Å²) < 4.78 is 27.7. The van der Waals surface area contributed by atoms with E-state index in [0.717, 1.165) is 0 Å². The standard InChI is InChI=1S/C20H21ClF2N6O/c1-19(2,3)18-24-16-15(17(25-18)28-9-8-20(22,23)11-28)26-29(27-16)10-14(30)12-6-4-5-7-13(12)21/h4-7H,8-11H2,1-3H3. The predicted molar refractivity (Wildman–Crippen MR) is 109 cm³/mol. The van der Waals surface area contributed by atoms with Gasteiger partial charge in [0.1, 0.15) is 12.4 Å². The van der Waals surface area contributed by atoms with Gasteiger partial charge in [-0.15, -0.1) is 10.2 Å². The molecule has 0 amide bonds. The largest absolute Gasteiger partial charge is 0.348 e. The molecule has 0 N–H and O–H groups in total.